The van der Waals surface area contributed by atoms with E-state index in [-0.39, 0.29) is 5.82 Å². The van der Waals surface area contributed by atoms with Crippen LogP contribution in [-0.4, -0.2) is 6.29 Å². The fourth-order valence-corrected chi connectivity index (χ4v) is 2.11. The van der Waals surface area contributed by atoms with Crippen molar-refractivity contribution < 1.29 is 9.18 Å². The normalized spacial score (nSPS) is 18.3. The van der Waals surface area contributed by atoms with Gasteiger partial charge in [-0.05, 0) is 36.6 Å². The van der Waals surface area contributed by atoms with Gasteiger partial charge in [0.25, 0.3) is 0 Å². The van der Waals surface area contributed by atoms with Crippen LogP contribution in [0.4, 0.5) is 4.39 Å². The van der Waals surface area contributed by atoms with Gasteiger partial charge in [0.2, 0.25) is 0 Å². The van der Waals surface area contributed by atoms with Gasteiger partial charge in [-0.15, -0.1) is 0 Å². The number of hydrogen-bond donors (Lipinski definition) is 0. The van der Waals surface area contributed by atoms with Crippen LogP contribution in [0.25, 0.3) is 0 Å². The average molecular weight is 243 g/mol. The molecule has 0 saturated heterocycles. The molecule has 3 heteroatoms. The SMILES string of the molecule is O=CC1(c2cc(F)ccc2Br)CC1. The Bertz CT molecular complexity index is 358. The highest BCUT2D eigenvalue weighted by Crippen LogP contribution is 2.48. The number of benzene rings is 1. The molecule has 1 aromatic rings. The highest BCUT2D eigenvalue weighted by atomic mass is 79.9. The van der Waals surface area contributed by atoms with E-state index in [0.717, 1.165) is 29.2 Å². The molecule has 0 unspecified atom stereocenters. The van der Waals surface area contributed by atoms with Crippen LogP contribution in [-0.2, 0) is 10.2 Å². The number of hydrogen-bond acceptors (Lipinski definition) is 1. The molecule has 0 amide bonds. The van der Waals surface area contributed by atoms with Crippen LogP contribution in [0.2, 0.25) is 0 Å². The minimum atomic E-state index is -0.402. The van der Waals surface area contributed by atoms with Crippen LogP contribution in [0.5, 0.6) is 0 Å². The van der Waals surface area contributed by atoms with Crippen molar-refractivity contribution in [1.29, 1.82) is 0 Å². The van der Waals surface area contributed by atoms with Crippen molar-refractivity contribution in [3.05, 3.63) is 34.1 Å². The zero-order valence-corrected chi connectivity index (χ0v) is 8.47. The Morgan fingerprint density at radius 3 is 2.69 bits per heavy atom. The van der Waals surface area contributed by atoms with Gasteiger partial charge in [-0.25, -0.2) is 4.39 Å². The van der Waals surface area contributed by atoms with Crippen molar-refractivity contribution in [2.24, 2.45) is 0 Å². The smallest absolute Gasteiger partial charge is 0.130 e. The Morgan fingerprint density at radius 1 is 1.46 bits per heavy atom. The fraction of sp³-hybridized carbons (Fsp3) is 0.300. The van der Waals surface area contributed by atoms with Gasteiger partial charge in [-0.1, -0.05) is 15.9 Å². The van der Waals surface area contributed by atoms with E-state index in [0.29, 0.717) is 0 Å². The number of rotatable bonds is 2. The number of carbonyl (C=O) groups excluding carboxylic acids is 1. The first kappa shape index (κ1) is 8.88. The van der Waals surface area contributed by atoms with Crippen molar-refractivity contribution >= 4 is 22.2 Å². The lowest BCUT2D eigenvalue weighted by Gasteiger charge is -2.09. The molecule has 1 aliphatic rings. The molecule has 0 atom stereocenters. The lowest BCUT2D eigenvalue weighted by molar-refractivity contribution is -0.109. The third-order valence-electron chi connectivity index (χ3n) is 2.48. The van der Waals surface area contributed by atoms with E-state index in [1.165, 1.54) is 12.1 Å². The molecule has 68 valence electrons. The second kappa shape index (κ2) is 2.91. The van der Waals surface area contributed by atoms with E-state index in [2.05, 4.69) is 15.9 Å². The van der Waals surface area contributed by atoms with Gasteiger partial charge in [0.15, 0.2) is 0 Å². The molecule has 1 aliphatic carbocycles. The quantitative estimate of drug-likeness (QED) is 0.730. The van der Waals surface area contributed by atoms with Gasteiger partial charge in [0.1, 0.15) is 12.1 Å². The van der Waals surface area contributed by atoms with Crippen molar-refractivity contribution in [2.45, 2.75) is 18.3 Å². The molecule has 0 bridgehead atoms. The molecule has 1 aromatic carbocycles. The summed E-state index contributed by atoms with van der Waals surface area (Å²) in [4.78, 5) is 10.8. The van der Waals surface area contributed by atoms with Crippen molar-refractivity contribution in [2.75, 3.05) is 0 Å². The summed E-state index contributed by atoms with van der Waals surface area (Å²) in [7, 11) is 0. The van der Waals surface area contributed by atoms with Crippen LogP contribution in [0.1, 0.15) is 18.4 Å². The average Bonchev–Trinajstić information content (AvgIpc) is 2.90. The first-order chi connectivity index (χ1) is 6.18. The summed E-state index contributed by atoms with van der Waals surface area (Å²) >= 11 is 3.32. The number of aldehydes is 1. The highest BCUT2D eigenvalue weighted by molar-refractivity contribution is 9.10. The summed E-state index contributed by atoms with van der Waals surface area (Å²) < 4.78 is 13.7. The van der Waals surface area contributed by atoms with E-state index in [9.17, 15) is 9.18 Å². The minimum Gasteiger partial charge on any atom is -0.302 e. The summed E-state index contributed by atoms with van der Waals surface area (Å²) in [6.07, 6.45) is 2.59. The third-order valence-corrected chi connectivity index (χ3v) is 3.17. The molecule has 0 radical (unpaired) electrons. The van der Waals surface area contributed by atoms with Crippen molar-refractivity contribution in [3.8, 4) is 0 Å². The second-order valence-electron chi connectivity index (χ2n) is 3.40. The molecule has 1 saturated carbocycles. The molecule has 1 fully saturated rings. The Kier molecular flexibility index (Phi) is 1.99. The van der Waals surface area contributed by atoms with E-state index >= 15 is 0 Å². The fourth-order valence-electron chi connectivity index (χ4n) is 1.46. The molecule has 0 N–H and O–H groups in total. The summed E-state index contributed by atoms with van der Waals surface area (Å²) in [6.45, 7) is 0. The van der Waals surface area contributed by atoms with E-state index in [4.69, 9.17) is 0 Å². The molecule has 0 heterocycles. The van der Waals surface area contributed by atoms with E-state index in [1.54, 1.807) is 6.07 Å². The lowest BCUT2D eigenvalue weighted by atomic mass is 9.98. The Morgan fingerprint density at radius 2 is 2.15 bits per heavy atom. The molecule has 1 nitrogen and oxygen atoms in total. The summed E-state index contributed by atoms with van der Waals surface area (Å²) in [5, 5.41) is 0. The number of halogens is 2. The molecule has 13 heavy (non-hydrogen) atoms. The van der Waals surface area contributed by atoms with Gasteiger partial charge in [0, 0.05) is 4.47 Å². The Balaban J connectivity index is 2.50. The summed E-state index contributed by atoms with van der Waals surface area (Å²) in [5.74, 6) is -0.286. The van der Waals surface area contributed by atoms with E-state index < -0.39 is 5.41 Å². The van der Waals surface area contributed by atoms with Gasteiger partial charge in [0.05, 0.1) is 5.41 Å². The van der Waals surface area contributed by atoms with Crippen LogP contribution in [0.15, 0.2) is 22.7 Å². The zero-order chi connectivity index (χ0) is 9.47. The van der Waals surface area contributed by atoms with Crippen LogP contribution in [0, 0.1) is 5.82 Å². The van der Waals surface area contributed by atoms with Crippen molar-refractivity contribution in [1.82, 2.24) is 0 Å². The maximum Gasteiger partial charge on any atom is 0.130 e. The lowest BCUT2D eigenvalue weighted by Crippen LogP contribution is -2.08. The summed E-state index contributed by atoms with van der Waals surface area (Å²) in [5.41, 5.74) is 0.378. The molecular formula is C10H8BrFO. The highest BCUT2D eigenvalue weighted by Gasteiger charge is 2.45. The standard InChI is InChI=1S/C10H8BrFO/c11-9-2-1-7(12)5-8(9)10(6-13)3-4-10/h1-2,5-6H,3-4H2. The molecule has 2 rings (SSSR count). The van der Waals surface area contributed by atoms with E-state index in [1.807, 2.05) is 0 Å². The topological polar surface area (TPSA) is 17.1 Å². The van der Waals surface area contributed by atoms with Crippen LogP contribution >= 0.6 is 15.9 Å². The summed E-state index contributed by atoms with van der Waals surface area (Å²) in [6, 6.07) is 4.47. The minimum absolute atomic E-state index is 0.286. The van der Waals surface area contributed by atoms with Crippen LogP contribution in [0.3, 0.4) is 0 Å². The maximum absolute atomic E-state index is 12.9. The number of carbonyl (C=O) groups is 1. The Hall–Kier alpha value is -0.700. The largest absolute Gasteiger partial charge is 0.302 e. The van der Waals surface area contributed by atoms with Crippen LogP contribution < -0.4 is 0 Å². The van der Waals surface area contributed by atoms with Crippen molar-refractivity contribution in [3.63, 3.8) is 0 Å². The van der Waals surface area contributed by atoms with Gasteiger partial charge >= 0.3 is 0 Å². The Labute approximate surface area is 84.1 Å². The van der Waals surface area contributed by atoms with Gasteiger partial charge < -0.3 is 4.79 Å². The predicted octanol–water partition coefficient (Wildman–Crippen LogP) is 2.82. The molecule has 0 spiro atoms. The zero-order valence-electron chi connectivity index (χ0n) is 6.89. The second-order valence-corrected chi connectivity index (χ2v) is 4.25. The maximum atomic E-state index is 12.9. The molecule has 0 aromatic heterocycles. The molecular weight excluding hydrogens is 235 g/mol. The monoisotopic (exact) mass is 242 g/mol. The predicted molar refractivity (Wildman–Crippen MR) is 51.1 cm³/mol. The molecule has 0 aliphatic heterocycles. The van der Waals surface area contributed by atoms with Gasteiger partial charge in [-0.2, -0.15) is 0 Å². The first-order valence-electron chi connectivity index (χ1n) is 4.10. The third kappa shape index (κ3) is 1.41. The first-order valence-corrected chi connectivity index (χ1v) is 4.89. The van der Waals surface area contributed by atoms with Gasteiger partial charge in [-0.3, -0.25) is 0 Å².